The molecule has 116 valence electrons. The standard InChI is InChI=1S/C15H22ClN3O2/c1-3-17-13-8-11(12(16)9-18-13)14(20)19-10-15(2)4-6-21-7-5-15/h8-9H,3-7,10H2,1-2H3,(H,17,18)(H,19,20). The minimum absolute atomic E-state index is 0.0952. The van der Waals surface area contributed by atoms with Crippen molar-refractivity contribution in [3.63, 3.8) is 0 Å². The van der Waals surface area contributed by atoms with E-state index in [-0.39, 0.29) is 11.3 Å². The molecule has 1 saturated heterocycles. The Labute approximate surface area is 130 Å². The zero-order chi connectivity index (χ0) is 15.3. The van der Waals surface area contributed by atoms with E-state index in [0.29, 0.717) is 22.9 Å². The fourth-order valence-electron chi connectivity index (χ4n) is 2.32. The number of rotatable bonds is 5. The first-order valence-electron chi connectivity index (χ1n) is 7.29. The molecular formula is C15H22ClN3O2. The summed E-state index contributed by atoms with van der Waals surface area (Å²) in [6, 6.07) is 1.69. The van der Waals surface area contributed by atoms with E-state index in [9.17, 15) is 4.79 Å². The summed E-state index contributed by atoms with van der Waals surface area (Å²) in [5.41, 5.74) is 0.552. The maximum absolute atomic E-state index is 12.3. The number of ether oxygens (including phenoxy) is 1. The lowest BCUT2D eigenvalue weighted by atomic mass is 9.82. The van der Waals surface area contributed by atoms with Gasteiger partial charge in [-0.2, -0.15) is 0 Å². The lowest BCUT2D eigenvalue weighted by Gasteiger charge is -2.33. The molecule has 1 aliphatic rings. The molecule has 0 spiro atoms. The van der Waals surface area contributed by atoms with Gasteiger partial charge in [0.1, 0.15) is 5.82 Å². The Hall–Kier alpha value is -1.33. The minimum atomic E-state index is -0.158. The third kappa shape index (κ3) is 4.32. The molecule has 6 heteroatoms. The molecule has 0 unspecified atom stereocenters. The highest BCUT2D eigenvalue weighted by Crippen LogP contribution is 2.29. The van der Waals surface area contributed by atoms with Crippen LogP contribution in [0.15, 0.2) is 12.3 Å². The SMILES string of the molecule is CCNc1cc(C(=O)NCC2(C)CCOCC2)c(Cl)cn1. The largest absolute Gasteiger partial charge is 0.381 e. The molecule has 1 amide bonds. The summed E-state index contributed by atoms with van der Waals surface area (Å²) in [6.07, 6.45) is 3.42. The Kier molecular flexibility index (Phi) is 5.42. The molecule has 0 bridgehead atoms. The van der Waals surface area contributed by atoms with Crippen molar-refractivity contribution in [2.75, 3.05) is 31.6 Å². The maximum atomic E-state index is 12.3. The smallest absolute Gasteiger partial charge is 0.253 e. The molecule has 0 atom stereocenters. The Bertz CT molecular complexity index is 502. The average Bonchev–Trinajstić information content (AvgIpc) is 2.48. The lowest BCUT2D eigenvalue weighted by Crippen LogP contribution is -2.39. The molecule has 2 heterocycles. The average molecular weight is 312 g/mol. The van der Waals surface area contributed by atoms with Gasteiger partial charge in [0.2, 0.25) is 0 Å². The van der Waals surface area contributed by atoms with E-state index in [4.69, 9.17) is 16.3 Å². The van der Waals surface area contributed by atoms with Crippen LogP contribution in [-0.4, -0.2) is 37.2 Å². The molecule has 21 heavy (non-hydrogen) atoms. The number of carbonyl (C=O) groups is 1. The van der Waals surface area contributed by atoms with E-state index >= 15 is 0 Å². The molecule has 1 aromatic heterocycles. The lowest BCUT2D eigenvalue weighted by molar-refractivity contribution is 0.0238. The number of halogens is 1. The van der Waals surface area contributed by atoms with E-state index < -0.39 is 0 Å². The molecule has 0 radical (unpaired) electrons. The van der Waals surface area contributed by atoms with Crippen LogP contribution >= 0.6 is 11.6 Å². The van der Waals surface area contributed by atoms with Crippen LogP contribution in [0.2, 0.25) is 5.02 Å². The molecule has 0 aliphatic carbocycles. The third-order valence-electron chi connectivity index (χ3n) is 3.83. The number of hydrogen-bond donors (Lipinski definition) is 2. The fourth-order valence-corrected chi connectivity index (χ4v) is 2.51. The third-order valence-corrected chi connectivity index (χ3v) is 4.13. The summed E-state index contributed by atoms with van der Waals surface area (Å²) in [6.45, 7) is 7.04. The van der Waals surface area contributed by atoms with E-state index in [1.54, 1.807) is 6.07 Å². The molecule has 5 nitrogen and oxygen atoms in total. The monoisotopic (exact) mass is 311 g/mol. The summed E-state index contributed by atoms with van der Waals surface area (Å²) in [5.74, 6) is 0.499. The van der Waals surface area contributed by atoms with Gasteiger partial charge in [-0.05, 0) is 31.2 Å². The maximum Gasteiger partial charge on any atom is 0.253 e. The van der Waals surface area contributed by atoms with Gasteiger partial charge in [-0.1, -0.05) is 18.5 Å². The Balaban J connectivity index is 2.01. The summed E-state index contributed by atoms with van der Waals surface area (Å²) in [4.78, 5) is 16.5. The number of nitrogens with zero attached hydrogens (tertiary/aromatic N) is 1. The Morgan fingerprint density at radius 1 is 1.48 bits per heavy atom. The first-order chi connectivity index (χ1) is 10.0. The van der Waals surface area contributed by atoms with Gasteiger partial charge in [-0.25, -0.2) is 4.98 Å². The van der Waals surface area contributed by atoms with Crippen LogP contribution in [0.1, 0.15) is 37.0 Å². The van der Waals surface area contributed by atoms with Gasteiger partial charge in [0.05, 0.1) is 10.6 Å². The highest BCUT2D eigenvalue weighted by atomic mass is 35.5. The molecular weight excluding hydrogens is 290 g/mol. The molecule has 0 saturated carbocycles. The van der Waals surface area contributed by atoms with E-state index in [0.717, 1.165) is 32.6 Å². The quantitative estimate of drug-likeness (QED) is 0.877. The van der Waals surface area contributed by atoms with Crippen molar-refractivity contribution in [1.82, 2.24) is 10.3 Å². The van der Waals surface area contributed by atoms with Crippen molar-refractivity contribution < 1.29 is 9.53 Å². The number of hydrogen-bond acceptors (Lipinski definition) is 4. The van der Waals surface area contributed by atoms with Gasteiger partial charge < -0.3 is 15.4 Å². The second-order valence-electron chi connectivity index (χ2n) is 5.69. The molecule has 2 N–H and O–H groups in total. The molecule has 1 fully saturated rings. The van der Waals surface area contributed by atoms with Crippen LogP contribution in [0, 0.1) is 5.41 Å². The van der Waals surface area contributed by atoms with Crippen LogP contribution in [0.4, 0.5) is 5.82 Å². The van der Waals surface area contributed by atoms with Crippen LogP contribution in [-0.2, 0) is 4.74 Å². The zero-order valence-electron chi connectivity index (χ0n) is 12.5. The summed E-state index contributed by atoms with van der Waals surface area (Å²) < 4.78 is 5.37. The minimum Gasteiger partial charge on any atom is -0.381 e. The number of anilines is 1. The van der Waals surface area contributed by atoms with Gasteiger partial charge in [-0.3, -0.25) is 4.79 Å². The predicted octanol–water partition coefficient (Wildman–Crippen LogP) is 2.71. The topological polar surface area (TPSA) is 63.2 Å². The molecule has 2 rings (SSSR count). The molecule has 1 aromatic rings. The normalized spacial score (nSPS) is 17.3. The van der Waals surface area contributed by atoms with Crippen molar-refractivity contribution in [3.05, 3.63) is 22.8 Å². The second-order valence-corrected chi connectivity index (χ2v) is 6.09. The summed E-state index contributed by atoms with van der Waals surface area (Å²) >= 11 is 6.08. The van der Waals surface area contributed by atoms with Crippen LogP contribution in [0.25, 0.3) is 0 Å². The van der Waals surface area contributed by atoms with Crippen LogP contribution < -0.4 is 10.6 Å². The van der Waals surface area contributed by atoms with Crippen molar-refractivity contribution in [1.29, 1.82) is 0 Å². The predicted molar refractivity (Wildman–Crippen MR) is 83.9 cm³/mol. The number of carbonyl (C=O) groups excluding carboxylic acids is 1. The van der Waals surface area contributed by atoms with Crippen molar-refractivity contribution in [3.8, 4) is 0 Å². The van der Waals surface area contributed by atoms with Gasteiger partial charge in [-0.15, -0.1) is 0 Å². The number of nitrogens with one attached hydrogen (secondary N) is 2. The Morgan fingerprint density at radius 3 is 2.86 bits per heavy atom. The number of pyridine rings is 1. The van der Waals surface area contributed by atoms with Gasteiger partial charge in [0, 0.05) is 32.5 Å². The number of amides is 1. The van der Waals surface area contributed by atoms with E-state index in [1.165, 1.54) is 6.20 Å². The first kappa shape index (κ1) is 16.0. The zero-order valence-corrected chi connectivity index (χ0v) is 13.3. The van der Waals surface area contributed by atoms with E-state index in [1.807, 2.05) is 6.92 Å². The van der Waals surface area contributed by atoms with Crippen molar-refractivity contribution in [2.45, 2.75) is 26.7 Å². The second kappa shape index (κ2) is 7.09. The van der Waals surface area contributed by atoms with Gasteiger partial charge in [0.25, 0.3) is 5.91 Å². The van der Waals surface area contributed by atoms with E-state index in [2.05, 4.69) is 22.5 Å². The van der Waals surface area contributed by atoms with Gasteiger partial charge in [0.15, 0.2) is 0 Å². The first-order valence-corrected chi connectivity index (χ1v) is 7.67. The fraction of sp³-hybridized carbons (Fsp3) is 0.600. The number of aromatic nitrogens is 1. The van der Waals surface area contributed by atoms with Gasteiger partial charge >= 0.3 is 0 Å². The van der Waals surface area contributed by atoms with Crippen LogP contribution in [0.3, 0.4) is 0 Å². The van der Waals surface area contributed by atoms with Crippen LogP contribution in [0.5, 0.6) is 0 Å². The summed E-state index contributed by atoms with van der Waals surface area (Å²) in [5, 5.41) is 6.43. The highest BCUT2D eigenvalue weighted by molar-refractivity contribution is 6.33. The van der Waals surface area contributed by atoms with Crippen molar-refractivity contribution >= 4 is 23.3 Å². The Morgan fingerprint density at radius 2 is 2.19 bits per heavy atom. The summed E-state index contributed by atoms with van der Waals surface area (Å²) in [7, 11) is 0. The molecule has 0 aromatic carbocycles. The molecule has 1 aliphatic heterocycles. The van der Waals surface area contributed by atoms with Crippen molar-refractivity contribution in [2.24, 2.45) is 5.41 Å². The highest BCUT2D eigenvalue weighted by Gasteiger charge is 2.28.